The van der Waals surface area contributed by atoms with Gasteiger partial charge in [-0.25, -0.2) is 4.98 Å². The Morgan fingerprint density at radius 1 is 1.61 bits per heavy atom. The summed E-state index contributed by atoms with van der Waals surface area (Å²) in [6, 6.07) is 8.95. The Kier molecular flexibility index (Phi) is 5.58. The third kappa shape index (κ3) is 4.00. The molecule has 2 rings (SSSR count). The van der Waals surface area contributed by atoms with Gasteiger partial charge in [-0.1, -0.05) is 12.1 Å². The van der Waals surface area contributed by atoms with Crippen molar-refractivity contribution in [1.29, 1.82) is 5.26 Å². The smallest absolute Gasteiger partial charge is 0.321 e. The van der Waals surface area contributed by atoms with Gasteiger partial charge >= 0.3 is 5.97 Å². The Hall–Kier alpha value is -1.62. The van der Waals surface area contributed by atoms with Crippen LogP contribution in [0.5, 0.6) is 0 Å². The van der Waals surface area contributed by atoms with E-state index in [1.807, 2.05) is 30.3 Å². The Morgan fingerprint density at radius 2 is 2.28 bits per heavy atom. The van der Waals surface area contributed by atoms with Crippen LogP contribution in [0.3, 0.4) is 0 Å². The van der Waals surface area contributed by atoms with Crippen molar-refractivity contribution in [2.24, 2.45) is 5.73 Å². The molecule has 0 saturated heterocycles. The predicted molar refractivity (Wildman–Crippen MR) is 73.8 cm³/mol. The molecule has 0 fully saturated rings. The van der Waals surface area contributed by atoms with Crippen LogP contribution in [0.15, 0.2) is 24.3 Å². The number of rotatable bonds is 2. The molecule has 0 amide bonds. The standard InChI is InChI=1S/C8H4N2S.C3H7NO2S/c9-5-8-10-6-3-1-2-4-7(6)11-8;4-2(1-7)3(5)6/h1-4H;2,7H,1,4H2,(H,5,6)/t;2-/m.0/s1. The molecular formula is C11H11N3O2S2. The quantitative estimate of drug-likeness (QED) is 0.724. The minimum atomic E-state index is -1.00. The lowest BCUT2D eigenvalue weighted by atomic mass is 10.3. The van der Waals surface area contributed by atoms with Crippen LogP contribution in [0.4, 0.5) is 0 Å². The molecule has 0 radical (unpaired) electrons. The minimum absolute atomic E-state index is 0.190. The summed E-state index contributed by atoms with van der Waals surface area (Å²) in [4.78, 5) is 13.8. The van der Waals surface area contributed by atoms with Crippen LogP contribution in [-0.2, 0) is 4.79 Å². The summed E-state index contributed by atoms with van der Waals surface area (Å²) in [5, 5.41) is 17.1. The number of nitriles is 1. The van der Waals surface area contributed by atoms with Crippen molar-refractivity contribution >= 4 is 40.2 Å². The fourth-order valence-electron chi connectivity index (χ4n) is 0.998. The number of carbonyl (C=O) groups is 1. The van der Waals surface area contributed by atoms with Gasteiger partial charge in [0.15, 0.2) is 5.01 Å². The van der Waals surface area contributed by atoms with E-state index >= 15 is 0 Å². The van der Waals surface area contributed by atoms with E-state index in [-0.39, 0.29) is 5.75 Å². The maximum absolute atomic E-state index is 9.76. The average molecular weight is 281 g/mol. The molecule has 18 heavy (non-hydrogen) atoms. The molecule has 94 valence electrons. The Labute approximate surface area is 113 Å². The van der Waals surface area contributed by atoms with Crippen molar-refractivity contribution in [2.45, 2.75) is 6.04 Å². The highest BCUT2D eigenvalue weighted by atomic mass is 32.1. The van der Waals surface area contributed by atoms with Crippen molar-refractivity contribution in [2.75, 3.05) is 5.75 Å². The normalized spacial score (nSPS) is 11.2. The summed E-state index contributed by atoms with van der Waals surface area (Å²) in [7, 11) is 0. The molecule has 5 nitrogen and oxygen atoms in total. The zero-order valence-electron chi connectivity index (χ0n) is 9.28. The van der Waals surface area contributed by atoms with Crippen LogP contribution < -0.4 is 5.73 Å². The first kappa shape index (κ1) is 14.4. The van der Waals surface area contributed by atoms with Crippen LogP contribution in [0.25, 0.3) is 10.2 Å². The summed E-state index contributed by atoms with van der Waals surface area (Å²) < 4.78 is 1.07. The number of fused-ring (bicyclic) bond motifs is 1. The fourth-order valence-corrected chi connectivity index (χ4v) is 1.92. The number of hydrogen-bond donors (Lipinski definition) is 3. The molecule has 0 bridgehead atoms. The second-order valence-electron chi connectivity index (χ2n) is 3.23. The van der Waals surface area contributed by atoms with Gasteiger partial charge in [-0.2, -0.15) is 17.9 Å². The van der Waals surface area contributed by atoms with Crippen molar-refractivity contribution < 1.29 is 9.90 Å². The number of aromatic nitrogens is 1. The van der Waals surface area contributed by atoms with E-state index in [0.717, 1.165) is 10.2 Å². The van der Waals surface area contributed by atoms with Crippen LogP contribution in [0, 0.1) is 11.3 Å². The molecule has 7 heteroatoms. The largest absolute Gasteiger partial charge is 0.480 e. The number of nitrogens with zero attached hydrogens (tertiary/aromatic N) is 2. The summed E-state index contributed by atoms with van der Waals surface area (Å²) >= 11 is 5.07. The molecule has 0 aliphatic carbocycles. The van der Waals surface area contributed by atoms with Crippen LogP contribution in [0.2, 0.25) is 0 Å². The Balaban J connectivity index is 0.000000203. The molecule has 0 spiro atoms. The number of benzene rings is 1. The van der Waals surface area contributed by atoms with Gasteiger partial charge in [-0.15, -0.1) is 11.3 Å². The van der Waals surface area contributed by atoms with Gasteiger partial charge < -0.3 is 10.8 Å². The number of para-hydroxylation sites is 1. The lowest BCUT2D eigenvalue weighted by Crippen LogP contribution is -2.31. The molecule has 0 aliphatic heterocycles. The maximum Gasteiger partial charge on any atom is 0.321 e. The predicted octanol–water partition coefficient (Wildman–Crippen LogP) is 1.50. The van der Waals surface area contributed by atoms with Crippen molar-refractivity contribution in [3.05, 3.63) is 29.3 Å². The van der Waals surface area contributed by atoms with E-state index in [2.05, 4.69) is 17.6 Å². The van der Waals surface area contributed by atoms with Crippen molar-refractivity contribution in [3.63, 3.8) is 0 Å². The molecule has 0 unspecified atom stereocenters. The van der Waals surface area contributed by atoms with Gasteiger partial charge in [0.25, 0.3) is 0 Å². The van der Waals surface area contributed by atoms with Crippen molar-refractivity contribution in [1.82, 2.24) is 4.98 Å². The second kappa shape index (κ2) is 6.96. The number of hydrogen-bond acceptors (Lipinski definition) is 6. The molecule has 0 aliphatic rings. The Bertz CT molecular complexity index is 544. The number of carboxylic acids is 1. The lowest BCUT2D eigenvalue weighted by Gasteiger charge is -1.96. The van der Waals surface area contributed by atoms with Crippen molar-refractivity contribution in [3.8, 4) is 6.07 Å². The highest BCUT2D eigenvalue weighted by molar-refractivity contribution is 7.80. The van der Waals surface area contributed by atoms with Gasteiger partial charge in [-0.3, -0.25) is 4.79 Å². The number of carboxylic acid groups (broad SMARTS) is 1. The van der Waals surface area contributed by atoms with Crippen LogP contribution in [-0.4, -0.2) is 27.9 Å². The third-order valence-corrected chi connectivity index (χ3v) is 3.24. The van der Waals surface area contributed by atoms with E-state index in [4.69, 9.17) is 16.1 Å². The topological polar surface area (TPSA) is 100 Å². The number of thiol groups is 1. The van der Waals surface area contributed by atoms with E-state index in [1.165, 1.54) is 11.3 Å². The van der Waals surface area contributed by atoms with Gasteiger partial charge in [0, 0.05) is 5.75 Å². The summed E-state index contributed by atoms with van der Waals surface area (Å²) in [6.45, 7) is 0. The minimum Gasteiger partial charge on any atom is -0.480 e. The molecule has 1 aromatic heterocycles. The first-order valence-corrected chi connectivity index (χ1v) is 6.38. The summed E-state index contributed by atoms with van der Waals surface area (Å²) in [6.07, 6.45) is 0. The summed E-state index contributed by atoms with van der Waals surface area (Å²) in [5.41, 5.74) is 5.85. The molecular weight excluding hydrogens is 270 g/mol. The van der Waals surface area contributed by atoms with E-state index in [9.17, 15) is 4.79 Å². The first-order chi connectivity index (χ1) is 8.58. The number of thiazole rings is 1. The van der Waals surface area contributed by atoms with Crippen LogP contribution in [0.1, 0.15) is 5.01 Å². The Morgan fingerprint density at radius 3 is 2.72 bits per heavy atom. The molecule has 1 heterocycles. The number of nitrogens with two attached hydrogens (primary N) is 1. The highest BCUT2D eigenvalue weighted by Gasteiger charge is 2.06. The van der Waals surface area contributed by atoms with E-state index in [0.29, 0.717) is 5.01 Å². The lowest BCUT2D eigenvalue weighted by molar-refractivity contribution is -0.137. The SMILES string of the molecule is N#Cc1nc2ccccc2s1.N[C@@H](CS)C(=O)O. The monoisotopic (exact) mass is 281 g/mol. The van der Waals surface area contributed by atoms with E-state index < -0.39 is 12.0 Å². The third-order valence-electron chi connectivity index (χ3n) is 1.90. The summed E-state index contributed by atoms with van der Waals surface area (Å²) in [5.74, 6) is -0.815. The fraction of sp³-hybridized carbons (Fsp3) is 0.182. The molecule has 1 aromatic carbocycles. The first-order valence-electron chi connectivity index (χ1n) is 4.93. The molecule has 3 N–H and O–H groups in total. The average Bonchev–Trinajstić information content (AvgIpc) is 2.81. The molecule has 2 aromatic rings. The van der Waals surface area contributed by atoms with Gasteiger partial charge in [0.2, 0.25) is 0 Å². The highest BCUT2D eigenvalue weighted by Crippen LogP contribution is 2.20. The zero-order valence-corrected chi connectivity index (χ0v) is 11.0. The zero-order chi connectivity index (χ0) is 13.5. The van der Waals surface area contributed by atoms with Gasteiger partial charge in [0.05, 0.1) is 10.2 Å². The van der Waals surface area contributed by atoms with E-state index in [1.54, 1.807) is 0 Å². The van der Waals surface area contributed by atoms with Gasteiger partial charge in [-0.05, 0) is 12.1 Å². The maximum atomic E-state index is 9.76. The molecule has 1 atom stereocenters. The van der Waals surface area contributed by atoms with Crippen LogP contribution >= 0.6 is 24.0 Å². The van der Waals surface area contributed by atoms with Gasteiger partial charge in [0.1, 0.15) is 12.1 Å². The second-order valence-corrected chi connectivity index (χ2v) is 4.62. The molecule has 0 saturated carbocycles. The number of aliphatic carboxylic acids is 1.